The molecule has 1 amide bonds. The summed E-state index contributed by atoms with van der Waals surface area (Å²) in [5.74, 6) is -0.120. The molecule has 62 heavy (non-hydrogen) atoms. The number of nitrogens with one attached hydrogen (secondary N) is 1. The fraction of sp³-hybridized carbons (Fsp3) is 0.857. The molecule has 0 saturated heterocycles. The Morgan fingerprint density at radius 2 is 0.758 bits per heavy atom. The molecule has 6 heteroatoms. The molecule has 0 aliphatic heterocycles. The average Bonchev–Trinajstić information content (AvgIpc) is 3.27. The van der Waals surface area contributed by atoms with E-state index in [0.717, 1.165) is 70.6 Å². The summed E-state index contributed by atoms with van der Waals surface area (Å²) < 4.78 is 5.46. The fourth-order valence-corrected chi connectivity index (χ4v) is 8.15. The maximum absolute atomic E-state index is 12.4. The van der Waals surface area contributed by atoms with Crippen molar-refractivity contribution in [1.29, 1.82) is 0 Å². The molecule has 0 aliphatic rings. The van der Waals surface area contributed by atoms with Gasteiger partial charge >= 0.3 is 5.97 Å². The zero-order valence-electron chi connectivity index (χ0n) is 41.4. The summed E-state index contributed by atoms with van der Waals surface area (Å²) in [4.78, 5) is 24.5. The van der Waals surface area contributed by atoms with Crippen molar-refractivity contribution in [2.24, 2.45) is 0 Å². The van der Waals surface area contributed by atoms with Gasteiger partial charge in [0.1, 0.15) is 0 Å². The minimum atomic E-state index is -0.862. The minimum Gasteiger partial charge on any atom is -0.466 e. The summed E-state index contributed by atoms with van der Waals surface area (Å²) >= 11 is 0. The normalized spacial score (nSPS) is 12.9. The quantitative estimate of drug-likeness (QED) is 0.0321. The van der Waals surface area contributed by atoms with Gasteiger partial charge in [0.25, 0.3) is 0 Å². The van der Waals surface area contributed by atoms with Gasteiger partial charge in [-0.25, -0.2) is 0 Å². The van der Waals surface area contributed by atoms with Crippen LogP contribution in [-0.4, -0.2) is 47.4 Å². The first-order chi connectivity index (χ1) is 30.5. The zero-order valence-corrected chi connectivity index (χ0v) is 41.4. The summed E-state index contributed by atoms with van der Waals surface area (Å²) in [6.45, 7) is 4.85. The SMILES string of the molecule is CCCCCCCCC/C=C\CCCCCCCC(=O)OCCCCCCCC/C=C\CCCCCC(=O)NC(CO)C(O)/C=C/CCCCCCCCCCCCCCCC. The van der Waals surface area contributed by atoms with Crippen LogP contribution in [0.25, 0.3) is 0 Å². The molecule has 3 N–H and O–H groups in total. The lowest BCUT2D eigenvalue weighted by atomic mass is 10.0. The maximum atomic E-state index is 12.4. The Balaban J connectivity index is 3.53. The third kappa shape index (κ3) is 47.6. The van der Waals surface area contributed by atoms with Crippen LogP contribution in [-0.2, 0) is 14.3 Å². The lowest BCUT2D eigenvalue weighted by Crippen LogP contribution is -2.45. The molecule has 0 aromatic carbocycles. The zero-order chi connectivity index (χ0) is 45.1. The molecule has 0 heterocycles. The summed E-state index contributed by atoms with van der Waals surface area (Å²) in [5.41, 5.74) is 0. The van der Waals surface area contributed by atoms with Crippen molar-refractivity contribution in [2.75, 3.05) is 13.2 Å². The Bertz CT molecular complexity index is 1010. The molecule has 0 saturated carbocycles. The van der Waals surface area contributed by atoms with Gasteiger partial charge in [-0.3, -0.25) is 9.59 Å². The van der Waals surface area contributed by atoms with E-state index >= 15 is 0 Å². The smallest absolute Gasteiger partial charge is 0.305 e. The second-order valence-corrected chi connectivity index (χ2v) is 18.5. The van der Waals surface area contributed by atoms with Crippen LogP contribution < -0.4 is 5.32 Å². The predicted molar refractivity (Wildman–Crippen MR) is 269 cm³/mol. The van der Waals surface area contributed by atoms with Crippen LogP contribution in [0.4, 0.5) is 0 Å². The van der Waals surface area contributed by atoms with Gasteiger partial charge in [-0.2, -0.15) is 0 Å². The van der Waals surface area contributed by atoms with Crippen molar-refractivity contribution in [2.45, 2.75) is 296 Å². The first-order valence-electron chi connectivity index (χ1n) is 27.3. The van der Waals surface area contributed by atoms with Crippen LogP contribution in [0.2, 0.25) is 0 Å². The third-order valence-electron chi connectivity index (χ3n) is 12.4. The van der Waals surface area contributed by atoms with Gasteiger partial charge in [0.2, 0.25) is 5.91 Å². The second-order valence-electron chi connectivity index (χ2n) is 18.5. The topological polar surface area (TPSA) is 95.9 Å². The van der Waals surface area contributed by atoms with E-state index in [4.69, 9.17) is 4.74 Å². The molecular formula is C56H105NO5. The summed E-state index contributed by atoms with van der Waals surface area (Å²) in [5, 5.41) is 23.1. The summed E-state index contributed by atoms with van der Waals surface area (Å²) in [7, 11) is 0. The van der Waals surface area contributed by atoms with Gasteiger partial charge in [-0.1, -0.05) is 224 Å². The Kier molecular flexibility index (Phi) is 50.1. The fourth-order valence-electron chi connectivity index (χ4n) is 8.15. The molecule has 0 fully saturated rings. The molecule has 0 aliphatic carbocycles. The number of carbonyl (C=O) groups is 2. The predicted octanol–water partition coefficient (Wildman–Crippen LogP) is 16.5. The number of amides is 1. The van der Waals surface area contributed by atoms with Crippen LogP contribution in [0.1, 0.15) is 284 Å². The van der Waals surface area contributed by atoms with Crippen LogP contribution in [0, 0.1) is 0 Å². The molecule has 0 aromatic heterocycles. The number of allylic oxidation sites excluding steroid dienone is 5. The summed E-state index contributed by atoms with van der Waals surface area (Å²) in [6.07, 6.45) is 62.9. The van der Waals surface area contributed by atoms with Crippen molar-refractivity contribution >= 4 is 11.9 Å². The van der Waals surface area contributed by atoms with E-state index in [2.05, 4.69) is 43.5 Å². The molecule has 2 atom stereocenters. The molecule has 0 radical (unpaired) electrons. The van der Waals surface area contributed by atoms with E-state index in [1.54, 1.807) is 6.08 Å². The largest absolute Gasteiger partial charge is 0.466 e. The van der Waals surface area contributed by atoms with Crippen LogP contribution in [0.5, 0.6) is 0 Å². The third-order valence-corrected chi connectivity index (χ3v) is 12.4. The highest BCUT2D eigenvalue weighted by atomic mass is 16.5. The molecule has 2 unspecified atom stereocenters. The van der Waals surface area contributed by atoms with E-state index in [9.17, 15) is 19.8 Å². The number of unbranched alkanes of at least 4 members (excludes halogenated alkanes) is 35. The van der Waals surface area contributed by atoms with Gasteiger partial charge in [0, 0.05) is 12.8 Å². The number of hydrogen-bond acceptors (Lipinski definition) is 5. The Labute approximate surface area is 385 Å². The Morgan fingerprint density at radius 1 is 0.435 bits per heavy atom. The van der Waals surface area contributed by atoms with E-state index < -0.39 is 12.1 Å². The lowest BCUT2D eigenvalue weighted by molar-refractivity contribution is -0.143. The molecule has 0 spiro atoms. The van der Waals surface area contributed by atoms with Crippen molar-refractivity contribution in [3.63, 3.8) is 0 Å². The highest BCUT2D eigenvalue weighted by molar-refractivity contribution is 5.76. The van der Waals surface area contributed by atoms with E-state index in [1.165, 1.54) is 186 Å². The number of aliphatic hydroxyl groups excluding tert-OH is 2. The Morgan fingerprint density at radius 3 is 1.16 bits per heavy atom. The maximum Gasteiger partial charge on any atom is 0.305 e. The second kappa shape index (κ2) is 51.7. The van der Waals surface area contributed by atoms with Crippen molar-refractivity contribution in [1.82, 2.24) is 5.32 Å². The average molecular weight is 872 g/mol. The molecule has 0 aromatic rings. The highest BCUT2D eigenvalue weighted by Gasteiger charge is 2.18. The standard InChI is InChI=1S/C56H105NO5/c1-3-5-7-9-11-13-15-17-19-21-24-28-32-36-40-44-48-54(59)53(52-58)57-55(60)49-45-41-37-33-29-25-23-27-31-35-39-43-47-51-62-56(61)50-46-42-38-34-30-26-22-20-18-16-14-12-10-8-6-4-2/h20,22,25,29,44,48,53-54,58-59H,3-19,21,23-24,26-28,30-43,45-47,49-52H2,1-2H3,(H,57,60)/b22-20-,29-25-,48-44+. The molecular weight excluding hydrogens is 767 g/mol. The first-order valence-corrected chi connectivity index (χ1v) is 27.3. The van der Waals surface area contributed by atoms with Gasteiger partial charge in [0.05, 0.1) is 25.4 Å². The number of carbonyl (C=O) groups excluding carboxylic acids is 2. The lowest BCUT2D eigenvalue weighted by Gasteiger charge is -2.19. The van der Waals surface area contributed by atoms with Gasteiger partial charge < -0.3 is 20.3 Å². The number of esters is 1. The molecule has 0 bridgehead atoms. The van der Waals surface area contributed by atoms with Crippen molar-refractivity contribution in [3.8, 4) is 0 Å². The van der Waals surface area contributed by atoms with Crippen LogP contribution in [0.15, 0.2) is 36.5 Å². The number of rotatable bonds is 50. The summed E-state index contributed by atoms with van der Waals surface area (Å²) in [6, 6.07) is -0.649. The number of aliphatic hydroxyl groups is 2. The number of hydrogen-bond donors (Lipinski definition) is 3. The first kappa shape index (κ1) is 60.1. The molecule has 0 rings (SSSR count). The minimum absolute atomic E-state index is 0.0217. The van der Waals surface area contributed by atoms with Crippen LogP contribution in [0.3, 0.4) is 0 Å². The van der Waals surface area contributed by atoms with Gasteiger partial charge in [0.15, 0.2) is 0 Å². The van der Waals surface area contributed by atoms with Gasteiger partial charge in [-0.05, 0) is 83.5 Å². The molecule has 364 valence electrons. The van der Waals surface area contributed by atoms with Gasteiger partial charge in [-0.15, -0.1) is 0 Å². The Hall–Kier alpha value is -1.92. The monoisotopic (exact) mass is 872 g/mol. The van der Waals surface area contributed by atoms with Crippen molar-refractivity contribution in [3.05, 3.63) is 36.5 Å². The van der Waals surface area contributed by atoms with Crippen molar-refractivity contribution < 1.29 is 24.5 Å². The van der Waals surface area contributed by atoms with E-state index in [-0.39, 0.29) is 18.5 Å². The highest BCUT2D eigenvalue weighted by Crippen LogP contribution is 2.15. The molecule has 6 nitrogen and oxygen atoms in total. The van der Waals surface area contributed by atoms with E-state index in [0.29, 0.717) is 19.4 Å². The van der Waals surface area contributed by atoms with E-state index in [1.807, 2.05) is 6.08 Å². The van der Waals surface area contributed by atoms with Crippen LogP contribution >= 0.6 is 0 Å². The number of ether oxygens (including phenoxy) is 1.